The second kappa shape index (κ2) is 16.2. The minimum atomic E-state index is -1.92. The van der Waals surface area contributed by atoms with Gasteiger partial charge in [-0.25, -0.2) is 9.59 Å². The Morgan fingerprint density at radius 1 is 1.00 bits per heavy atom. The molecule has 0 spiro atoms. The van der Waals surface area contributed by atoms with Crippen LogP contribution in [-0.4, -0.2) is 66.6 Å². The summed E-state index contributed by atoms with van der Waals surface area (Å²) in [7, 11) is 2.38. The van der Waals surface area contributed by atoms with E-state index in [4.69, 9.17) is 32.8 Å². The maximum absolute atomic E-state index is 12.6. The highest BCUT2D eigenvalue weighted by molar-refractivity contribution is 6.70. The molecular weight excluding hydrogens is 653 g/mol. The molecule has 4 aliphatic carbocycles. The Labute approximate surface area is 303 Å². The van der Waals surface area contributed by atoms with Crippen molar-refractivity contribution in [2.75, 3.05) is 28.1 Å². The van der Waals surface area contributed by atoms with Gasteiger partial charge in [0.05, 0.1) is 14.2 Å². The number of fused-ring (bicyclic) bond motifs is 5. The molecule has 50 heavy (non-hydrogen) atoms. The molecular formula is C40H66O9Si. The summed E-state index contributed by atoms with van der Waals surface area (Å²) in [6.07, 6.45) is 13.5. The maximum atomic E-state index is 12.6. The van der Waals surface area contributed by atoms with Gasteiger partial charge in [0.2, 0.25) is 8.32 Å². The Morgan fingerprint density at radius 3 is 2.30 bits per heavy atom. The molecule has 0 aromatic rings. The third kappa shape index (κ3) is 8.49. The van der Waals surface area contributed by atoms with Crippen molar-refractivity contribution in [3.63, 3.8) is 0 Å². The molecule has 10 heteroatoms. The molecule has 0 N–H and O–H groups in total. The van der Waals surface area contributed by atoms with Crippen molar-refractivity contribution in [3.8, 4) is 0 Å². The molecule has 0 bridgehead atoms. The second-order valence-electron chi connectivity index (χ2n) is 17.1. The lowest BCUT2D eigenvalue weighted by atomic mass is 9.49. The zero-order chi connectivity index (χ0) is 37.1. The zero-order valence-corrected chi connectivity index (χ0v) is 34.0. The van der Waals surface area contributed by atoms with Gasteiger partial charge in [0.1, 0.15) is 30.4 Å². The standard InChI is InChI=1S/C40H66O9Si/c1-13-14-15-27(22-34(49-50(10,11)12)38(3,4)46-25-43-7)26(2)31-18-19-32-30-17-16-28-23-29(47-36(41)44-8)24-35(48-37(42)45-9)40(28,6)33(30)20-21-39(31,32)5/h16-17,22,26-27,29,31-33,35H,13-15,18-21,23-25H2,1-12H3/b34-22-/t26-,27+,29+,31+,32-,33-,35-,39+,40-/m0/s1. The Morgan fingerprint density at radius 2 is 1.68 bits per heavy atom. The van der Waals surface area contributed by atoms with E-state index in [2.05, 4.69) is 79.4 Å². The van der Waals surface area contributed by atoms with Crippen LogP contribution >= 0.6 is 0 Å². The summed E-state index contributed by atoms with van der Waals surface area (Å²) in [6, 6.07) is 0. The van der Waals surface area contributed by atoms with Crippen LogP contribution < -0.4 is 0 Å². The first-order chi connectivity index (χ1) is 23.4. The normalized spacial score (nSPS) is 32.3. The zero-order valence-electron chi connectivity index (χ0n) is 33.0. The molecule has 0 radical (unpaired) electrons. The number of hydrogen-bond acceptors (Lipinski definition) is 9. The molecule has 3 fully saturated rings. The summed E-state index contributed by atoms with van der Waals surface area (Å²) in [5.74, 6) is 2.98. The molecule has 4 aliphatic rings. The van der Waals surface area contributed by atoms with Crippen molar-refractivity contribution in [2.24, 2.45) is 40.4 Å². The van der Waals surface area contributed by atoms with E-state index >= 15 is 0 Å². The van der Waals surface area contributed by atoms with Gasteiger partial charge in [0.25, 0.3) is 0 Å². The molecule has 0 saturated heterocycles. The molecule has 0 aromatic heterocycles. The van der Waals surface area contributed by atoms with E-state index in [0.29, 0.717) is 36.5 Å². The lowest BCUT2D eigenvalue weighted by Crippen LogP contribution is -2.54. The van der Waals surface area contributed by atoms with E-state index in [1.54, 1.807) is 7.11 Å². The summed E-state index contributed by atoms with van der Waals surface area (Å²) in [5.41, 5.74) is 1.78. The van der Waals surface area contributed by atoms with Gasteiger partial charge in [-0.2, -0.15) is 0 Å². The van der Waals surface area contributed by atoms with Gasteiger partial charge in [0.15, 0.2) is 0 Å². The molecule has 0 amide bonds. The summed E-state index contributed by atoms with van der Waals surface area (Å²) >= 11 is 0. The lowest BCUT2D eigenvalue weighted by molar-refractivity contribution is -0.109. The van der Waals surface area contributed by atoms with Gasteiger partial charge < -0.3 is 32.8 Å². The Balaban J connectivity index is 1.67. The monoisotopic (exact) mass is 718 g/mol. The molecule has 284 valence electrons. The van der Waals surface area contributed by atoms with Crippen LogP contribution in [0.3, 0.4) is 0 Å². The van der Waals surface area contributed by atoms with E-state index in [1.807, 2.05) is 0 Å². The van der Waals surface area contributed by atoms with Gasteiger partial charge in [-0.1, -0.05) is 63.8 Å². The van der Waals surface area contributed by atoms with Crippen LogP contribution in [0.15, 0.2) is 35.1 Å². The van der Waals surface area contributed by atoms with Crippen molar-refractivity contribution >= 4 is 20.6 Å². The van der Waals surface area contributed by atoms with Crippen LogP contribution in [0.5, 0.6) is 0 Å². The third-order valence-electron chi connectivity index (χ3n) is 12.6. The van der Waals surface area contributed by atoms with E-state index in [0.717, 1.165) is 43.4 Å². The third-order valence-corrected chi connectivity index (χ3v) is 13.5. The van der Waals surface area contributed by atoms with Crippen LogP contribution in [0.1, 0.15) is 99.3 Å². The minimum absolute atomic E-state index is 0.146. The summed E-state index contributed by atoms with van der Waals surface area (Å²) in [4.78, 5) is 24.6. The first-order valence-corrected chi connectivity index (χ1v) is 22.3. The van der Waals surface area contributed by atoms with Crippen molar-refractivity contribution in [1.29, 1.82) is 0 Å². The average Bonchev–Trinajstić information content (AvgIpc) is 3.41. The molecule has 4 rings (SSSR count). The highest BCUT2D eigenvalue weighted by Crippen LogP contribution is 2.67. The number of carbonyl (C=O) groups excluding carboxylic acids is 2. The smallest absolute Gasteiger partial charge is 0.508 e. The van der Waals surface area contributed by atoms with E-state index < -0.39 is 43.9 Å². The molecule has 0 heterocycles. The topological polar surface area (TPSA) is 98.8 Å². The van der Waals surface area contributed by atoms with Gasteiger partial charge in [-0.05, 0) is 107 Å². The summed E-state index contributed by atoms with van der Waals surface area (Å²) in [6.45, 7) is 20.6. The van der Waals surface area contributed by atoms with Gasteiger partial charge in [-0.3, -0.25) is 0 Å². The number of rotatable bonds is 14. The predicted molar refractivity (Wildman–Crippen MR) is 197 cm³/mol. The fourth-order valence-corrected chi connectivity index (χ4v) is 10.9. The summed E-state index contributed by atoms with van der Waals surface area (Å²) < 4.78 is 39.7. The fraction of sp³-hybridized carbons (Fsp3) is 0.800. The average molecular weight is 719 g/mol. The van der Waals surface area contributed by atoms with Crippen molar-refractivity contribution in [3.05, 3.63) is 35.1 Å². The first kappa shape index (κ1) is 40.5. The summed E-state index contributed by atoms with van der Waals surface area (Å²) in [5, 5.41) is 0. The first-order valence-electron chi connectivity index (χ1n) is 18.9. The van der Waals surface area contributed by atoms with E-state index in [1.165, 1.54) is 32.6 Å². The Bertz CT molecular complexity index is 1300. The minimum Gasteiger partial charge on any atom is -0.545 e. The fourth-order valence-electron chi connectivity index (χ4n) is 9.91. The number of allylic oxidation sites excluding steroid dienone is 4. The highest BCUT2D eigenvalue weighted by Gasteiger charge is 2.60. The number of methoxy groups -OCH3 is 3. The SMILES string of the molecule is CCCC[C@H](/C=C(\O[Si](C)(C)C)C(C)(C)OCOC)[C@H](C)[C@H]1CC[C@H]2C3=CC=C4C[C@@H](OC(=O)OC)C[C@H](OC(=O)OC)[C@]4(C)[C@H]3CC[C@]12C. The largest absolute Gasteiger partial charge is 0.545 e. The predicted octanol–water partition coefficient (Wildman–Crippen LogP) is 9.98. The van der Waals surface area contributed by atoms with Crippen LogP contribution in [0.4, 0.5) is 9.59 Å². The van der Waals surface area contributed by atoms with Crippen LogP contribution in [0.25, 0.3) is 0 Å². The molecule has 9 nitrogen and oxygen atoms in total. The van der Waals surface area contributed by atoms with Crippen molar-refractivity contribution < 1.29 is 42.4 Å². The number of hydrogen-bond donors (Lipinski definition) is 0. The van der Waals surface area contributed by atoms with Gasteiger partial charge >= 0.3 is 12.3 Å². The Hall–Kier alpha value is -2.30. The molecule has 9 atom stereocenters. The van der Waals surface area contributed by atoms with Crippen molar-refractivity contribution in [2.45, 2.75) is 137 Å². The molecule has 0 aromatic carbocycles. The van der Waals surface area contributed by atoms with E-state index in [-0.39, 0.29) is 18.1 Å². The molecule has 0 aliphatic heterocycles. The highest BCUT2D eigenvalue weighted by atomic mass is 28.4. The van der Waals surface area contributed by atoms with Crippen molar-refractivity contribution in [1.82, 2.24) is 0 Å². The van der Waals surface area contributed by atoms with Gasteiger partial charge in [0, 0.05) is 25.4 Å². The second-order valence-corrected chi connectivity index (χ2v) is 21.6. The maximum Gasteiger partial charge on any atom is 0.508 e. The van der Waals surface area contributed by atoms with E-state index in [9.17, 15) is 9.59 Å². The lowest BCUT2D eigenvalue weighted by Gasteiger charge is -2.57. The number of unbranched alkanes of at least 4 members (excludes halogenated alkanes) is 1. The Kier molecular flexibility index (Phi) is 13.1. The van der Waals surface area contributed by atoms with Crippen LogP contribution in [0.2, 0.25) is 19.6 Å². The number of ether oxygens (including phenoxy) is 6. The van der Waals surface area contributed by atoms with Crippen LogP contribution in [-0.2, 0) is 32.8 Å². The number of carbonyl (C=O) groups is 2. The molecule has 0 unspecified atom stereocenters. The quantitative estimate of drug-likeness (QED) is 0.0752. The van der Waals surface area contributed by atoms with Gasteiger partial charge in [-0.15, -0.1) is 0 Å². The van der Waals surface area contributed by atoms with Crippen LogP contribution in [0, 0.1) is 40.4 Å². The molecule has 3 saturated carbocycles.